The maximum Gasteiger partial charge on any atom is 0.328 e. The van der Waals surface area contributed by atoms with E-state index >= 15 is 0 Å². The first kappa shape index (κ1) is 21.4. The molecule has 1 heterocycles. The SMILES string of the molecule is COC(=O)C1CC(Oc2ccccc2F)CN1C(=O)c1ccc(Oc2ccccc2)cc1. The van der Waals surface area contributed by atoms with Gasteiger partial charge in [-0.05, 0) is 48.5 Å². The van der Waals surface area contributed by atoms with Gasteiger partial charge in [-0.3, -0.25) is 4.79 Å². The molecule has 0 aromatic heterocycles. The van der Waals surface area contributed by atoms with Crippen molar-refractivity contribution in [2.75, 3.05) is 13.7 Å². The molecule has 1 fully saturated rings. The summed E-state index contributed by atoms with van der Waals surface area (Å²) < 4.78 is 30.3. The molecular weight excluding hydrogens is 413 g/mol. The van der Waals surface area contributed by atoms with Crippen molar-refractivity contribution >= 4 is 11.9 Å². The van der Waals surface area contributed by atoms with Crippen LogP contribution in [-0.2, 0) is 9.53 Å². The largest absolute Gasteiger partial charge is 0.485 e. The Kier molecular flexibility index (Phi) is 6.35. The van der Waals surface area contributed by atoms with Crippen LogP contribution < -0.4 is 9.47 Å². The first-order valence-electron chi connectivity index (χ1n) is 10.2. The van der Waals surface area contributed by atoms with Crippen LogP contribution in [0.4, 0.5) is 4.39 Å². The van der Waals surface area contributed by atoms with Crippen LogP contribution in [0, 0.1) is 5.82 Å². The normalized spacial score (nSPS) is 17.6. The number of methoxy groups -OCH3 is 1. The Morgan fingerprint density at radius 3 is 2.25 bits per heavy atom. The molecule has 0 N–H and O–H groups in total. The number of esters is 1. The van der Waals surface area contributed by atoms with Gasteiger partial charge in [-0.1, -0.05) is 30.3 Å². The van der Waals surface area contributed by atoms with Gasteiger partial charge in [0.1, 0.15) is 23.6 Å². The minimum atomic E-state index is -0.815. The zero-order chi connectivity index (χ0) is 22.5. The van der Waals surface area contributed by atoms with Crippen LogP contribution in [0.25, 0.3) is 0 Å². The third-order valence-electron chi connectivity index (χ3n) is 5.21. The number of likely N-dealkylation sites (tertiary alicyclic amines) is 1. The standard InChI is InChI=1S/C25H22FNO5/c1-30-25(29)22-15-20(32-23-10-6-5-9-21(23)26)16-27(22)24(28)17-11-13-19(14-12-17)31-18-7-3-2-4-8-18/h2-14,20,22H,15-16H2,1H3. The van der Waals surface area contributed by atoms with Crippen LogP contribution in [0.5, 0.6) is 17.2 Å². The van der Waals surface area contributed by atoms with Crippen LogP contribution in [0.3, 0.4) is 0 Å². The molecule has 164 valence electrons. The average molecular weight is 435 g/mol. The van der Waals surface area contributed by atoms with E-state index in [-0.39, 0.29) is 24.6 Å². The summed E-state index contributed by atoms with van der Waals surface area (Å²) in [6.45, 7) is 0.134. The zero-order valence-corrected chi connectivity index (χ0v) is 17.4. The van der Waals surface area contributed by atoms with E-state index in [1.165, 1.54) is 24.1 Å². The Morgan fingerprint density at radius 2 is 1.56 bits per heavy atom. The number of benzene rings is 3. The van der Waals surface area contributed by atoms with Gasteiger partial charge in [0.25, 0.3) is 5.91 Å². The van der Waals surface area contributed by atoms with Crippen molar-refractivity contribution in [3.63, 3.8) is 0 Å². The predicted molar refractivity (Wildman–Crippen MR) is 115 cm³/mol. The molecule has 1 aliphatic rings. The number of carbonyl (C=O) groups excluding carboxylic acids is 2. The maximum atomic E-state index is 14.0. The molecule has 1 amide bonds. The molecule has 1 aliphatic heterocycles. The van der Waals surface area contributed by atoms with Crippen LogP contribution >= 0.6 is 0 Å². The summed E-state index contributed by atoms with van der Waals surface area (Å²) in [4.78, 5) is 26.9. The van der Waals surface area contributed by atoms with Crippen LogP contribution in [0.15, 0.2) is 78.9 Å². The summed E-state index contributed by atoms with van der Waals surface area (Å²) in [5.41, 5.74) is 0.394. The van der Waals surface area contributed by atoms with E-state index in [4.69, 9.17) is 14.2 Å². The molecule has 0 bridgehead atoms. The van der Waals surface area contributed by atoms with Gasteiger partial charge in [-0.15, -0.1) is 0 Å². The van der Waals surface area contributed by atoms with Crippen LogP contribution in [0.2, 0.25) is 0 Å². The lowest BCUT2D eigenvalue weighted by Crippen LogP contribution is -2.41. The molecule has 2 atom stereocenters. The highest BCUT2D eigenvalue weighted by Crippen LogP contribution is 2.28. The number of hydrogen-bond donors (Lipinski definition) is 0. The van der Waals surface area contributed by atoms with Crippen molar-refractivity contribution in [3.8, 4) is 17.2 Å². The van der Waals surface area contributed by atoms with E-state index in [1.54, 1.807) is 36.4 Å². The van der Waals surface area contributed by atoms with Crippen molar-refractivity contribution < 1.29 is 28.2 Å². The minimum absolute atomic E-state index is 0.0813. The summed E-state index contributed by atoms with van der Waals surface area (Å²) in [6, 6.07) is 21.2. The van der Waals surface area contributed by atoms with Gasteiger partial charge >= 0.3 is 5.97 Å². The quantitative estimate of drug-likeness (QED) is 0.535. The number of ether oxygens (including phenoxy) is 3. The Morgan fingerprint density at radius 1 is 0.906 bits per heavy atom. The Hall–Kier alpha value is -3.87. The molecule has 1 saturated heterocycles. The Labute approximate surface area is 185 Å². The molecule has 3 aromatic rings. The van der Waals surface area contributed by atoms with E-state index in [9.17, 15) is 14.0 Å². The molecule has 0 aliphatic carbocycles. The molecular formula is C25H22FNO5. The van der Waals surface area contributed by atoms with Crippen molar-refractivity contribution in [2.24, 2.45) is 0 Å². The van der Waals surface area contributed by atoms with Crippen LogP contribution in [-0.4, -0.2) is 42.6 Å². The summed E-state index contributed by atoms with van der Waals surface area (Å²) in [5, 5.41) is 0. The van der Waals surface area contributed by atoms with Gasteiger partial charge in [0, 0.05) is 12.0 Å². The molecule has 0 saturated carbocycles. The van der Waals surface area contributed by atoms with Gasteiger partial charge < -0.3 is 19.1 Å². The van der Waals surface area contributed by atoms with Gasteiger partial charge in [0.05, 0.1) is 13.7 Å². The van der Waals surface area contributed by atoms with E-state index in [0.29, 0.717) is 17.1 Å². The van der Waals surface area contributed by atoms with Crippen molar-refractivity contribution in [2.45, 2.75) is 18.6 Å². The summed E-state index contributed by atoms with van der Waals surface area (Å²) in [5.74, 6) is -0.0310. The van der Waals surface area contributed by atoms with E-state index < -0.39 is 23.9 Å². The summed E-state index contributed by atoms with van der Waals surface area (Å²) in [6.07, 6.45) is -0.331. The number of rotatable bonds is 6. The Balaban J connectivity index is 1.49. The number of nitrogens with zero attached hydrogens (tertiary/aromatic N) is 1. The summed E-state index contributed by atoms with van der Waals surface area (Å²) in [7, 11) is 1.27. The topological polar surface area (TPSA) is 65.1 Å². The van der Waals surface area contributed by atoms with Crippen molar-refractivity contribution in [3.05, 3.63) is 90.2 Å². The molecule has 4 rings (SSSR count). The average Bonchev–Trinajstić information content (AvgIpc) is 3.24. The van der Waals surface area contributed by atoms with E-state index in [1.807, 2.05) is 30.3 Å². The number of carbonyl (C=O) groups is 2. The fourth-order valence-corrected chi connectivity index (χ4v) is 3.64. The second kappa shape index (κ2) is 9.51. The predicted octanol–water partition coefficient (Wildman–Crippen LogP) is 4.45. The lowest BCUT2D eigenvalue weighted by atomic mass is 10.1. The van der Waals surface area contributed by atoms with Gasteiger partial charge in [-0.25, -0.2) is 9.18 Å². The molecule has 7 heteroatoms. The number of para-hydroxylation sites is 2. The van der Waals surface area contributed by atoms with Gasteiger partial charge in [0.2, 0.25) is 0 Å². The molecule has 32 heavy (non-hydrogen) atoms. The molecule has 2 unspecified atom stereocenters. The highest BCUT2D eigenvalue weighted by Gasteiger charge is 2.42. The van der Waals surface area contributed by atoms with Crippen molar-refractivity contribution in [1.82, 2.24) is 4.90 Å². The van der Waals surface area contributed by atoms with E-state index in [0.717, 1.165) is 0 Å². The van der Waals surface area contributed by atoms with Crippen LogP contribution in [0.1, 0.15) is 16.8 Å². The third kappa shape index (κ3) is 4.72. The number of halogens is 1. The number of hydrogen-bond acceptors (Lipinski definition) is 5. The fourth-order valence-electron chi connectivity index (χ4n) is 3.64. The number of amides is 1. The van der Waals surface area contributed by atoms with Gasteiger partial charge in [0.15, 0.2) is 11.6 Å². The van der Waals surface area contributed by atoms with Gasteiger partial charge in [-0.2, -0.15) is 0 Å². The monoisotopic (exact) mass is 435 g/mol. The smallest absolute Gasteiger partial charge is 0.328 e. The highest BCUT2D eigenvalue weighted by atomic mass is 19.1. The second-order valence-electron chi connectivity index (χ2n) is 7.34. The highest BCUT2D eigenvalue weighted by molar-refractivity contribution is 5.97. The molecule has 3 aromatic carbocycles. The Bertz CT molecular complexity index is 1090. The first-order chi connectivity index (χ1) is 15.5. The summed E-state index contributed by atoms with van der Waals surface area (Å²) >= 11 is 0. The molecule has 0 spiro atoms. The zero-order valence-electron chi connectivity index (χ0n) is 17.4. The first-order valence-corrected chi connectivity index (χ1v) is 10.2. The van der Waals surface area contributed by atoms with E-state index in [2.05, 4.69) is 0 Å². The lowest BCUT2D eigenvalue weighted by Gasteiger charge is -2.22. The molecule has 6 nitrogen and oxygen atoms in total. The molecule has 0 radical (unpaired) electrons. The minimum Gasteiger partial charge on any atom is -0.485 e. The third-order valence-corrected chi connectivity index (χ3v) is 5.21. The maximum absolute atomic E-state index is 14.0. The second-order valence-corrected chi connectivity index (χ2v) is 7.34. The lowest BCUT2D eigenvalue weighted by molar-refractivity contribution is -0.145. The van der Waals surface area contributed by atoms with Crippen molar-refractivity contribution in [1.29, 1.82) is 0 Å². The fraction of sp³-hybridized carbons (Fsp3) is 0.200.